The highest BCUT2D eigenvalue weighted by Gasteiger charge is 2.78. The van der Waals surface area contributed by atoms with Crippen LogP contribution in [0.3, 0.4) is 0 Å². The van der Waals surface area contributed by atoms with Crippen molar-refractivity contribution in [2.45, 2.75) is 76.9 Å². The number of hydrogen-bond donors (Lipinski definition) is 3. The van der Waals surface area contributed by atoms with Crippen molar-refractivity contribution in [3.63, 3.8) is 0 Å². The van der Waals surface area contributed by atoms with Crippen molar-refractivity contribution in [3.8, 4) is 0 Å². The van der Waals surface area contributed by atoms with Crippen LogP contribution >= 0.6 is 0 Å². The third kappa shape index (κ3) is 2.79. The van der Waals surface area contributed by atoms with E-state index in [1.807, 2.05) is 0 Å². The Kier molecular flexibility index (Phi) is 5.32. The highest BCUT2D eigenvalue weighted by atomic mass is 19.1. The van der Waals surface area contributed by atoms with Gasteiger partial charge in [-0.25, -0.2) is 4.39 Å². The first-order valence-electron chi connectivity index (χ1n) is 11.4. The molecule has 0 amide bonds. The zero-order valence-corrected chi connectivity index (χ0v) is 19.3. The zero-order valence-electron chi connectivity index (χ0n) is 19.3. The number of Topliss-reactive ketones (excluding diaryl/α,β-unsaturated/α-hetero) is 2. The Hall–Kier alpha value is -1.97. The molecule has 3 fully saturated rings. The van der Waals surface area contributed by atoms with Crippen LogP contribution in [-0.2, 0) is 23.9 Å². The topological polar surface area (TPSA) is 138 Å². The Bertz CT molecular complexity index is 976. The van der Waals surface area contributed by atoms with Crippen LogP contribution in [0.1, 0.15) is 53.4 Å². The maximum atomic E-state index is 17.1. The summed E-state index contributed by atoms with van der Waals surface area (Å²) in [6.45, 7) is 5.08. The summed E-state index contributed by atoms with van der Waals surface area (Å²) in [5.41, 5.74) is -7.58. The second-order valence-electron chi connectivity index (χ2n) is 10.8. The van der Waals surface area contributed by atoms with E-state index in [1.54, 1.807) is 6.92 Å². The van der Waals surface area contributed by atoms with Crippen molar-refractivity contribution in [1.82, 2.24) is 0 Å². The molecule has 9 heteroatoms. The van der Waals surface area contributed by atoms with Crippen molar-refractivity contribution in [2.24, 2.45) is 28.6 Å². The summed E-state index contributed by atoms with van der Waals surface area (Å²) in [5, 5.41) is 33.7. The van der Waals surface area contributed by atoms with Crippen molar-refractivity contribution >= 4 is 23.3 Å². The van der Waals surface area contributed by atoms with Gasteiger partial charge in [-0.3, -0.25) is 19.2 Å². The van der Waals surface area contributed by atoms with Gasteiger partial charge in [-0.2, -0.15) is 0 Å². The number of aliphatic hydroxyl groups excluding tert-OH is 2. The number of carbonyl (C=O) groups excluding carboxylic acids is 4. The first-order chi connectivity index (χ1) is 15.2. The molecule has 0 aromatic carbocycles. The Labute approximate surface area is 191 Å². The Morgan fingerprint density at radius 3 is 2.48 bits per heavy atom. The molecule has 182 valence electrons. The molecule has 3 unspecified atom stereocenters. The van der Waals surface area contributed by atoms with Crippen LogP contribution in [0.25, 0.3) is 0 Å². The van der Waals surface area contributed by atoms with Gasteiger partial charge in [-0.05, 0) is 36.3 Å². The molecule has 0 bridgehead atoms. The summed E-state index contributed by atoms with van der Waals surface area (Å²) >= 11 is 0. The van der Waals surface area contributed by atoms with Crippen LogP contribution in [-0.4, -0.2) is 68.7 Å². The number of ether oxygens (including phenoxy) is 1. The van der Waals surface area contributed by atoms with E-state index in [1.165, 1.54) is 13.8 Å². The molecule has 0 spiro atoms. The summed E-state index contributed by atoms with van der Waals surface area (Å²) in [4.78, 5) is 49.9. The lowest BCUT2D eigenvalue weighted by atomic mass is 9.43. The molecular weight excluding hydrogens is 435 g/mol. The summed E-state index contributed by atoms with van der Waals surface area (Å²) in [5.74, 6) is -5.57. The second kappa shape index (κ2) is 7.26. The number of esters is 1. The van der Waals surface area contributed by atoms with E-state index in [0.29, 0.717) is 0 Å². The molecule has 0 aromatic rings. The largest absolute Gasteiger partial charge is 0.458 e. The fourth-order valence-electron chi connectivity index (χ4n) is 7.52. The standard InChI is InChI=1S/C24H31FO8/c1-11-7-14-18-20(31)19(30)15-8-13(27)5-6-21(15,3)23(18,25)16(28)9-22(14,4)24(11,32)17(29)10-33-12(2)26/h8,11,14,18-20,30-32H,5-7,9-10H2,1-4H3/t11?,14-,18+,19?,20?,21-,22-,23+,24-/m0/s1. The van der Waals surface area contributed by atoms with Gasteiger partial charge in [0.25, 0.3) is 0 Å². The number of halogens is 1. The molecule has 8 nitrogen and oxygen atoms in total. The van der Waals surface area contributed by atoms with E-state index < -0.39 is 82.6 Å². The quantitative estimate of drug-likeness (QED) is 0.520. The number of rotatable bonds is 3. The van der Waals surface area contributed by atoms with Gasteiger partial charge in [0, 0.05) is 36.5 Å². The van der Waals surface area contributed by atoms with Crippen LogP contribution in [0, 0.1) is 28.6 Å². The molecule has 0 radical (unpaired) electrons. The van der Waals surface area contributed by atoms with Gasteiger partial charge < -0.3 is 20.1 Å². The van der Waals surface area contributed by atoms with Gasteiger partial charge >= 0.3 is 5.97 Å². The highest BCUT2D eigenvalue weighted by molar-refractivity contribution is 5.98. The van der Waals surface area contributed by atoms with Crippen molar-refractivity contribution < 1.29 is 43.6 Å². The maximum absolute atomic E-state index is 17.1. The van der Waals surface area contributed by atoms with E-state index in [0.717, 1.165) is 13.0 Å². The van der Waals surface area contributed by atoms with Gasteiger partial charge in [0.1, 0.15) is 11.7 Å². The van der Waals surface area contributed by atoms with Crippen molar-refractivity contribution in [3.05, 3.63) is 11.6 Å². The second-order valence-corrected chi connectivity index (χ2v) is 10.8. The molecule has 4 rings (SSSR count). The number of aliphatic hydroxyl groups is 3. The van der Waals surface area contributed by atoms with Crippen LogP contribution in [0.2, 0.25) is 0 Å². The third-order valence-electron chi connectivity index (χ3n) is 9.31. The van der Waals surface area contributed by atoms with Gasteiger partial charge in [-0.15, -0.1) is 0 Å². The van der Waals surface area contributed by atoms with Gasteiger partial charge in [0.05, 0.1) is 6.10 Å². The number of carbonyl (C=O) groups is 4. The lowest BCUT2D eigenvalue weighted by Crippen LogP contribution is -2.73. The SMILES string of the molecule is CC(=O)OCC(=O)[C@@]1(O)C(C)C[C@H]2[C@@H]3C(O)C(O)C4=CC(=O)CC[C@]4(C)[C@@]3(F)C(=O)C[C@@]21C. The molecule has 0 saturated heterocycles. The minimum Gasteiger partial charge on any atom is -0.458 e. The van der Waals surface area contributed by atoms with Gasteiger partial charge in [0.15, 0.2) is 23.8 Å². The zero-order chi connectivity index (χ0) is 24.7. The Morgan fingerprint density at radius 2 is 1.88 bits per heavy atom. The molecule has 9 atom stereocenters. The first kappa shape index (κ1) is 24.2. The summed E-state index contributed by atoms with van der Waals surface area (Å²) in [6.07, 6.45) is -2.42. The molecule has 4 aliphatic rings. The van der Waals surface area contributed by atoms with E-state index in [9.17, 15) is 34.5 Å². The molecule has 4 aliphatic carbocycles. The van der Waals surface area contributed by atoms with Crippen LogP contribution in [0.5, 0.6) is 0 Å². The summed E-state index contributed by atoms with van der Waals surface area (Å²) in [7, 11) is 0. The molecule has 3 N–H and O–H groups in total. The molecule has 0 heterocycles. The lowest BCUT2D eigenvalue weighted by molar-refractivity contribution is -0.217. The highest BCUT2D eigenvalue weighted by Crippen LogP contribution is 2.70. The molecular formula is C24H31FO8. The summed E-state index contributed by atoms with van der Waals surface area (Å²) in [6, 6.07) is 0. The van der Waals surface area contributed by atoms with E-state index in [-0.39, 0.29) is 30.6 Å². The van der Waals surface area contributed by atoms with Gasteiger partial charge in [0.2, 0.25) is 5.78 Å². The van der Waals surface area contributed by atoms with Gasteiger partial charge in [-0.1, -0.05) is 20.8 Å². The van der Waals surface area contributed by atoms with E-state index >= 15 is 4.39 Å². The fourth-order valence-corrected chi connectivity index (χ4v) is 7.52. The molecule has 33 heavy (non-hydrogen) atoms. The number of ketones is 3. The van der Waals surface area contributed by atoms with Crippen molar-refractivity contribution in [2.75, 3.05) is 6.61 Å². The van der Waals surface area contributed by atoms with E-state index in [2.05, 4.69) is 0 Å². The maximum Gasteiger partial charge on any atom is 0.303 e. The predicted octanol–water partition coefficient (Wildman–Crippen LogP) is 0.840. The Morgan fingerprint density at radius 1 is 1.24 bits per heavy atom. The number of fused-ring (bicyclic) bond motifs is 5. The van der Waals surface area contributed by atoms with Crippen LogP contribution in [0.4, 0.5) is 4.39 Å². The number of alkyl halides is 1. The van der Waals surface area contributed by atoms with E-state index in [4.69, 9.17) is 4.74 Å². The predicted molar refractivity (Wildman–Crippen MR) is 111 cm³/mol. The minimum absolute atomic E-state index is 0.00875. The first-order valence-corrected chi connectivity index (χ1v) is 11.4. The third-order valence-corrected chi connectivity index (χ3v) is 9.31. The smallest absolute Gasteiger partial charge is 0.303 e. The molecule has 0 aromatic heterocycles. The molecule has 0 aliphatic heterocycles. The van der Waals surface area contributed by atoms with Crippen LogP contribution < -0.4 is 0 Å². The normalized spacial score (nSPS) is 49.0. The van der Waals surface area contributed by atoms with Crippen molar-refractivity contribution in [1.29, 1.82) is 0 Å². The van der Waals surface area contributed by atoms with Crippen LogP contribution in [0.15, 0.2) is 11.6 Å². The minimum atomic E-state index is -2.58. The average molecular weight is 467 g/mol. The fraction of sp³-hybridized carbons (Fsp3) is 0.750. The number of hydrogen-bond acceptors (Lipinski definition) is 8. The monoisotopic (exact) mass is 466 g/mol. The average Bonchev–Trinajstić information content (AvgIpc) is 2.93. The lowest BCUT2D eigenvalue weighted by Gasteiger charge is -2.62. The molecule has 3 saturated carbocycles. The summed E-state index contributed by atoms with van der Waals surface area (Å²) < 4.78 is 21.9. The Balaban J connectivity index is 1.84.